The molecular weight excluding hydrogens is 234 g/mol. The predicted octanol–water partition coefficient (Wildman–Crippen LogP) is 3.30. The Bertz CT molecular complexity index is 592. The third-order valence-electron chi connectivity index (χ3n) is 4.35. The monoisotopic (exact) mass is 255 g/mol. The fourth-order valence-electron chi connectivity index (χ4n) is 3.01. The van der Waals surface area contributed by atoms with Crippen LogP contribution < -0.4 is 10.6 Å². The number of nitrogens with two attached hydrogens (primary N) is 1. The minimum Gasteiger partial charge on any atom is -0.397 e. The molecule has 1 aliphatic rings. The van der Waals surface area contributed by atoms with Crippen molar-refractivity contribution >= 4 is 22.1 Å². The number of fused-ring (bicyclic) bond motifs is 1. The Balaban J connectivity index is 1.96. The minimum absolute atomic E-state index is 0.746. The maximum Gasteiger partial charge on any atom is 0.0632 e. The number of hydrogen-bond donors (Lipinski definition) is 1. The maximum atomic E-state index is 6.35. The van der Waals surface area contributed by atoms with E-state index in [-0.39, 0.29) is 0 Å². The molecule has 1 fully saturated rings. The van der Waals surface area contributed by atoms with Gasteiger partial charge >= 0.3 is 0 Å². The molecule has 0 radical (unpaired) electrons. The second-order valence-corrected chi connectivity index (χ2v) is 5.83. The van der Waals surface area contributed by atoms with E-state index in [9.17, 15) is 0 Å². The molecule has 1 saturated heterocycles. The van der Waals surface area contributed by atoms with Crippen LogP contribution in [-0.2, 0) is 0 Å². The van der Waals surface area contributed by atoms with Crippen LogP contribution in [0.25, 0.3) is 10.8 Å². The minimum atomic E-state index is 0.746. The van der Waals surface area contributed by atoms with E-state index in [4.69, 9.17) is 5.73 Å². The van der Waals surface area contributed by atoms with Crippen LogP contribution in [0.15, 0.2) is 30.6 Å². The molecule has 1 aromatic carbocycles. The highest BCUT2D eigenvalue weighted by Crippen LogP contribution is 2.35. The Hall–Kier alpha value is -1.77. The number of nitrogen functional groups attached to an aromatic ring is 1. The third-order valence-corrected chi connectivity index (χ3v) is 4.35. The summed E-state index contributed by atoms with van der Waals surface area (Å²) in [5.74, 6) is 1.53. The predicted molar refractivity (Wildman–Crippen MR) is 81.3 cm³/mol. The van der Waals surface area contributed by atoms with E-state index in [1.54, 1.807) is 0 Å². The molecule has 0 aliphatic carbocycles. The van der Waals surface area contributed by atoms with E-state index in [0.29, 0.717) is 0 Å². The van der Waals surface area contributed by atoms with Crippen LogP contribution >= 0.6 is 0 Å². The van der Waals surface area contributed by atoms with Crippen molar-refractivity contribution in [3.63, 3.8) is 0 Å². The van der Waals surface area contributed by atoms with Gasteiger partial charge in [-0.3, -0.25) is 4.98 Å². The molecule has 1 aliphatic heterocycles. The molecule has 19 heavy (non-hydrogen) atoms. The zero-order valence-electron chi connectivity index (χ0n) is 11.6. The summed E-state index contributed by atoms with van der Waals surface area (Å²) in [6.45, 7) is 6.86. The van der Waals surface area contributed by atoms with Gasteiger partial charge in [-0.2, -0.15) is 0 Å². The van der Waals surface area contributed by atoms with E-state index in [1.807, 2.05) is 18.5 Å². The second kappa shape index (κ2) is 4.72. The van der Waals surface area contributed by atoms with Gasteiger partial charge in [0.15, 0.2) is 0 Å². The van der Waals surface area contributed by atoms with E-state index in [1.165, 1.54) is 12.1 Å². The normalized spacial score (nSPS) is 19.5. The summed E-state index contributed by atoms with van der Waals surface area (Å²) < 4.78 is 0. The number of hydrogen-bond acceptors (Lipinski definition) is 3. The molecule has 1 aromatic heterocycles. The Morgan fingerprint density at radius 1 is 1.32 bits per heavy atom. The molecule has 100 valence electrons. The van der Waals surface area contributed by atoms with Gasteiger partial charge in [-0.15, -0.1) is 0 Å². The van der Waals surface area contributed by atoms with E-state index in [0.717, 1.165) is 41.4 Å². The molecule has 3 rings (SSSR count). The van der Waals surface area contributed by atoms with Crippen LogP contribution in [0.2, 0.25) is 0 Å². The largest absolute Gasteiger partial charge is 0.397 e. The second-order valence-electron chi connectivity index (χ2n) is 5.83. The number of rotatable bonds is 2. The first-order valence-electron chi connectivity index (χ1n) is 7.04. The first kappa shape index (κ1) is 12.3. The maximum absolute atomic E-state index is 6.35. The number of anilines is 2. The summed E-state index contributed by atoms with van der Waals surface area (Å²) in [6.07, 6.45) is 4.95. The highest BCUT2D eigenvalue weighted by Gasteiger charge is 2.26. The first-order chi connectivity index (χ1) is 9.16. The molecule has 0 bridgehead atoms. The lowest BCUT2D eigenvalue weighted by molar-refractivity contribution is 0.423. The van der Waals surface area contributed by atoms with Gasteiger partial charge in [0.25, 0.3) is 0 Å². The lowest BCUT2D eigenvalue weighted by Gasteiger charge is -2.22. The van der Waals surface area contributed by atoms with Crippen LogP contribution in [0.4, 0.5) is 11.4 Å². The van der Waals surface area contributed by atoms with Crippen molar-refractivity contribution in [1.29, 1.82) is 0 Å². The van der Waals surface area contributed by atoms with Crippen molar-refractivity contribution in [2.45, 2.75) is 20.3 Å². The summed E-state index contributed by atoms with van der Waals surface area (Å²) >= 11 is 0. The number of pyridine rings is 1. The fourth-order valence-corrected chi connectivity index (χ4v) is 3.01. The molecule has 2 N–H and O–H groups in total. The summed E-state index contributed by atoms with van der Waals surface area (Å²) in [6, 6.07) is 6.27. The van der Waals surface area contributed by atoms with Crippen molar-refractivity contribution < 1.29 is 0 Å². The van der Waals surface area contributed by atoms with E-state index >= 15 is 0 Å². The van der Waals surface area contributed by atoms with Crippen molar-refractivity contribution in [2.24, 2.45) is 11.8 Å². The summed E-state index contributed by atoms with van der Waals surface area (Å²) in [5, 5.41) is 2.23. The molecule has 2 heterocycles. The van der Waals surface area contributed by atoms with E-state index < -0.39 is 0 Å². The van der Waals surface area contributed by atoms with Crippen LogP contribution in [-0.4, -0.2) is 18.1 Å². The molecule has 0 saturated carbocycles. The van der Waals surface area contributed by atoms with Gasteiger partial charge in [0.2, 0.25) is 0 Å². The standard InChI is InChI=1S/C16H21N3/c1-11(2)13-6-8-19(10-13)15-4-3-12-9-18-7-5-14(12)16(15)17/h3-5,7,9,11,13H,6,8,10,17H2,1-2H3. The molecule has 1 unspecified atom stereocenters. The highest BCUT2D eigenvalue weighted by molar-refractivity contribution is 5.98. The third kappa shape index (κ3) is 2.14. The Labute approximate surface area is 114 Å². The van der Waals surface area contributed by atoms with Gasteiger partial charge in [-0.25, -0.2) is 0 Å². The summed E-state index contributed by atoms with van der Waals surface area (Å²) in [4.78, 5) is 6.58. The zero-order valence-corrected chi connectivity index (χ0v) is 11.6. The first-order valence-corrected chi connectivity index (χ1v) is 7.04. The molecule has 3 heteroatoms. The van der Waals surface area contributed by atoms with Crippen LogP contribution in [0.3, 0.4) is 0 Å². The molecular formula is C16H21N3. The van der Waals surface area contributed by atoms with Crippen molar-refractivity contribution in [3.05, 3.63) is 30.6 Å². The van der Waals surface area contributed by atoms with Crippen LogP contribution in [0.1, 0.15) is 20.3 Å². The Morgan fingerprint density at radius 2 is 2.16 bits per heavy atom. The lowest BCUT2D eigenvalue weighted by Crippen LogP contribution is -2.22. The van der Waals surface area contributed by atoms with Gasteiger partial charge in [-0.05, 0) is 30.4 Å². The fraction of sp³-hybridized carbons (Fsp3) is 0.438. The van der Waals surface area contributed by atoms with Crippen molar-refractivity contribution in [2.75, 3.05) is 23.7 Å². The van der Waals surface area contributed by atoms with Crippen LogP contribution in [0.5, 0.6) is 0 Å². The zero-order chi connectivity index (χ0) is 13.4. The lowest BCUT2D eigenvalue weighted by atomic mass is 9.95. The molecule has 3 nitrogen and oxygen atoms in total. The number of aromatic nitrogens is 1. The smallest absolute Gasteiger partial charge is 0.0632 e. The molecule has 0 amide bonds. The summed E-state index contributed by atoms with van der Waals surface area (Å²) in [7, 11) is 0. The van der Waals surface area contributed by atoms with E-state index in [2.05, 4.69) is 35.9 Å². The molecule has 1 atom stereocenters. The van der Waals surface area contributed by atoms with Crippen LogP contribution in [0, 0.1) is 11.8 Å². The van der Waals surface area contributed by atoms with Gasteiger partial charge < -0.3 is 10.6 Å². The molecule has 0 spiro atoms. The van der Waals surface area contributed by atoms with Crippen molar-refractivity contribution in [1.82, 2.24) is 4.98 Å². The van der Waals surface area contributed by atoms with Gasteiger partial charge in [0.05, 0.1) is 11.4 Å². The van der Waals surface area contributed by atoms with Gasteiger partial charge in [-0.1, -0.05) is 19.9 Å². The average molecular weight is 255 g/mol. The average Bonchev–Trinajstić information content (AvgIpc) is 2.89. The topological polar surface area (TPSA) is 42.2 Å². The summed E-state index contributed by atoms with van der Waals surface area (Å²) in [5.41, 5.74) is 8.43. The highest BCUT2D eigenvalue weighted by atomic mass is 15.2. The SMILES string of the molecule is CC(C)C1CCN(c2ccc3cnccc3c2N)C1. The Kier molecular flexibility index (Phi) is 3.05. The molecule has 2 aromatic rings. The van der Waals surface area contributed by atoms with Crippen molar-refractivity contribution in [3.8, 4) is 0 Å². The Morgan fingerprint density at radius 3 is 2.89 bits per heavy atom. The quantitative estimate of drug-likeness (QED) is 0.837. The van der Waals surface area contributed by atoms with Gasteiger partial charge in [0, 0.05) is 36.3 Å². The number of nitrogens with zero attached hydrogens (tertiary/aromatic N) is 2. The van der Waals surface area contributed by atoms with Gasteiger partial charge in [0.1, 0.15) is 0 Å². The number of benzene rings is 1.